The number of anilines is 1. The summed E-state index contributed by atoms with van der Waals surface area (Å²) in [5.74, 6) is 0.877. The lowest BCUT2D eigenvalue weighted by Crippen LogP contribution is -2.21. The lowest BCUT2D eigenvalue weighted by Gasteiger charge is -2.05. The van der Waals surface area contributed by atoms with E-state index in [1.807, 2.05) is 31.2 Å². The summed E-state index contributed by atoms with van der Waals surface area (Å²) in [6.45, 7) is 1.95. The van der Waals surface area contributed by atoms with Crippen molar-refractivity contribution < 1.29 is 13.9 Å². The van der Waals surface area contributed by atoms with Crippen LogP contribution in [0.15, 0.2) is 47.1 Å². The molecule has 3 rings (SSSR count). The van der Waals surface area contributed by atoms with Gasteiger partial charge in [-0.3, -0.25) is 10.1 Å². The van der Waals surface area contributed by atoms with Crippen LogP contribution >= 0.6 is 12.2 Å². The standard InChI is InChI=1S/C16H15N5O3S/c1-11-5-2-3-6-12(11)23-10-14-20-21(16(25)24-14)9-13(22)19-15-17-7-4-8-18-15/h2-8H,9-10H2,1H3,(H,17,18,19,22). The maximum absolute atomic E-state index is 12.0. The van der Waals surface area contributed by atoms with Gasteiger partial charge in [-0.05, 0) is 36.8 Å². The molecule has 0 aliphatic carbocycles. The van der Waals surface area contributed by atoms with Crippen molar-refractivity contribution in [2.75, 3.05) is 5.32 Å². The molecule has 2 aromatic heterocycles. The summed E-state index contributed by atoms with van der Waals surface area (Å²) in [5, 5.41) is 6.71. The van der Waals surface area contributed by atoms with Gasteiger partial charge in [0, 0.05) is 12.4 Å². The zero-order chi connectivity index (χ0) is 17.6. The molecular weight excluding hydrogens is 342 g/mol. The molecule has 0 aliphatic heterocycles. The highest BCUT2D eigenvalue weighted by atomic mass is 32.1. The predicted molar refractivity (Wildman–Crippen MR) is 91.5 cm³/mol. The molecule has 1 N–H and O–H groups in total. The Morgan fingerprint density at radius 2 is 2.04 bits per heavy atom. The quantitative estimate of drug-likeness (QED) is 0.677. The van der Waals surface area contributed by atoms with Gasteiger partial charge in [-0.2, -0.15) is 0 Å². The molecule has 0 bridgehead atoms. The second-order valence-electron chi connectivity index (χ2n) is 5.09. The van der Waals surface area contributed by atoms with Crippen molar-refractivity contribution in [3.8, 4) is 5.75 Å². The van der Waals surface area contributed by atoms with E-state index in [0.29, 0.717) is 0 Å². The number of carbonyl (C=O) groups excluding carboxylic acids is 1. The summed E-state index contributed by atoms with van der Waals surface area (Å²) in [6, 6.07) is 9.27. The summed E-state index contributed by atoms with van der Waals surface area (Å²) in [6.07, 6.45) is 3.07. The van der Waals surface area contributed by atoms with Crippen LogP contribution in [0.5, 0.6) is 5.75 Å². The maximum Gasteiger partial charge on any atom is 0.287 e. The fourth-order valence-electron chi connectivity index (χ4n) is 2.03. The highest BCUT2D eigenvalue weighted by Crippen LogP contribution is 2.17. The fourth-order valence-corrected chi connectivity index (χ4v) is 2.23. The molecule has 0 fully saturated rings. The second-order valence-corrected chi connectivity index (χ2v) is 5.44. The summed E-state index contributed by atoms with van der Waals surface area (Å²) in [7, 11) is 0. The van der Waals surface area contributed by atoms with Gasteiger partial charge in [-0.15, -0.1) is 5.10 Å². The monoisotopic (exact) mass is 357 g/mol. The second kappa shape index (κ2) is 7.67. The number of carbonyl (C=O) groups is 1. The van der Waals surface area contributed by atoms with E-state index >= 15 is 0 Å². The average Bonchev–Trinajstić information content (AvgIpc) is 2.94. The first-order valence-electron chi connectivity index (χ1n) is 7.44. The number of benzene rings is 1. The molecular formula is C16H15N5O3S. The van der Waals surface area contributed by atoms with Crippen LogP contribution < -0.4 is 10.1 Å². The lowest BCUT2D eigenvalue weighted by atomic mass is 10.2. The molecule has 25 heavy (non-hydrogen) atoms. The van der Waals surface area contributed by atoms with E-state index in [4.69, 9.17) is 21.4 Å². The van der Waals surface area contributed by atoms with Crippen LogP contribution in [0.25, 0.3) is 0 Å². The molecule has 0 radical (unpaired) electrons. The van der Waals surface area contributed by atoms with Crippen molar-refractivity contribution in [3.63, 3.8) is 0 Å². The Balaban J connectivity index is 1.61. The number of nitrogens with one attached hydrogen (secondary N) is 1. The van der Waals surface area contributed by atoms with Gasteiger partial charge in [0.2, 0.25) is 11.9 Å². The smallest absolute Gasteiger partial charge is 0.287 e. The third-order valence-corrected chi connectivity index (χ3v) is 3.50. The van der Waals surface area contributed by atoms with Gasteiger partial charge in [0.25, 0.3) is 10.7 Å². The van der Waals surface area contributed by atoms with Crippen molar-refractivity contribution in [1.82, 2.24) is 19.7 Å². The summed E-state index contributed by atoms with van der Waals surface area (Å²) >= 11 is 5.08. The number of hydrogen-bond donors (Lipinski definition) is 1. The number of ether oxygens (including phenoxy) is 1. The summed E-state index contributed by atoms with van der Waals surface area (Å²) in [5.41, 5.74) is 1.00. The van der Waals surface area contributed by atoms with Gasteiger partial charge in [-0.25, -0.2) is 14.6 Å². The van der Waals surface area contributed by atoms with E-state index < -0.39 is 0 Å². The molecule has 1 aromatic carbocycles. The van der Waals surface area contributed by atoms with Crippen LogP contribution in [0.3, 0.4) is 0 Å². The van der Waals surface area contributed by atoms with Gasteiger partial charge in [-0.1, -0.05) is 18.2 Å². The molecule has 9 heteroatoms. The van der Waals surface area contributed by atoms with E-state index in [-0.39, 0.29) is 35.7 Å². The van der Waals surface area contributed by atoms with E-state index in [1.54, 1.807) is 6.07 Å². The van der Waals surface area contributed by atoms with Gasteiger partial charge >= 0.3 is 0 Å². The minimum atomic E-state index is -0.359. The number of amides is 1. The highest BCUT2D eigenvalue weighted by molar-refractivity contribution is 7.71. The molecule has 1 amide bonds. The fraction of sp³-hybridized carbons (Fsp3) is 0.188. The first-order chi connectivity index (χ1) is 12.1. The van der Waals surface area contributed by atoms with Crippen LogP contribution in [-0.2, 0) is 17.9 Å². The van der Waals surface area contributed by atoms with Crippen LogP contribution in [0.2, 0.25) is 0 Å². The Morgan fingerprint density at radius 1 is 1.28 bits per heavy atom. The lowest BCUT2D eigenvalue weighted by molar-refractivity contribution is -0.117. The minimum Gasteiger partial charge on any atom is -0.484 e. The zero-order valence-electron chi connectivity index (χ0n) is 13.4. The molecule has 0 unspecified atom stereocenters. The predicted octanol–water partition coefficient (Wildman–Crippen LogP) is 2.52. The topological polar surface area (TPSA) is 95.1 Å². The number of rotatable bonds is 6. The number of aromatic nitrogens is 4. The molecule has 128 valence electrons. The Morgan fingerprint density at radius 3 is 2.80 bits per heavy atom. The van der Waals surface area contributed by atoms with E-state index in [0.717, 1.165) is 11.3 Å². The van der Waals surface area contributed by atoms with Crippen LogP contribution in [0.4, 0.5) is 5.95 Å². The molecule has 0 saturated carbocycles. The van der Waals surface area contributed by atoms with Gasteiger partial charge in [0.1, 0.15) is 12.3 Å². The van der Waals surface area contributed by atoms with E-state index in [1.165, 1.54) is 17.1 Å². The maximum atomic E-state index is 12.0. The first kappa shape index (κ1) is 16.8. The van der Waals surface area contributed by atoms with Crippen LogP contribution in [0.1, 0.15) is 11.5 Å². The van der Waals surface area contributed by atoms with Crippen molar-refractivity contribution in [2.45, 2.75) is 20.1 Å². The molecule has 3 aromatic rings. The highest BCUT2D eigenvalue weighted by Gasteiger charge is 2.11. The molecule has 2 heterocycles. The van der Waals surface area contributed by atoms with Crippen molar-refractivity contribution in [2.24, 2.45) is 0 Å². The third-order valence-electron chi connectivity index (χ3n) is 3.20. The largest absolute Gasteiger partial charge is 0.484 e. The van der Waals surface area contributed by atoms with E-state index in [9.17, 15) is 4.79 Å². The normalized spacial score (nSPS) is 10.4. The van der Waals surface area contributed by atoms with Crippen LogP contribution in [-0.4, -0.2) is 25.7 Å². The number of hydrogen-bond acceptors (Lipinski definition) is 7. The Hall–Kier alpha value is -3.07. The number of para-hydroxylation sites is 1. The SMILES string of the molecule is Cc1ccccc1OCc1nn(CC(=O)Nc2ncccn2)c(=S)o1. The Kier molecular flexibility index (Phi) is 5.14. The number of nitrogens with zero attached hydrogens (tertiary/aromatic N) is 4. The van der Waals surface area contributed by atoms with E-state index in [2.05, 4.69) is 20.4 Å². The van der Waals surface area contributed by atoms with Gasteiger partial charge in [0.15, 0.2) is 6.61 Å². The van der Waals surface area contributed by atoms with Gasteiger partial charge in [0.05, 0.1) is 0 Å². The molecule has 0 spiro atoms. The number of aryl methyl sites for hydroxylation is 1. The molecule has 0 aliphatic rings. The van der Waals surface area contributed by atoms with Crippen LogP contribution in [0, 0.1) is 11.8 Å². The molecule has 0 atom stereocenters. The Bertz CT molecular complexity index is 923. The third kappa shape index (κ3) is 4.48. The van der Waals surface area contributed by atoms with Crippen molar-refractivity contribution in [1.29, 1.82) is 0 Å². The van der Waals surface area contributed by atoms with Gasteiger partial charge < -0.3 is 9.15 Å². The summed E-state index contributed by atoms with van der Waals surface area (Å²) < 4.78 is 12.3. The Labute approximate surface area is 148 Å². The molecule has 8 nitrogen and oxygen atoms in total. The molecule has 0 saturated heterocycles. The first-order valence-corrected chi connectivity index (χ1v) is 7.85. The van der Waals surface area contributed by atoms with Crippen molar-refractivity contribution in [3.05, 3.63) is 59.0 Å². The summed E-state index contributed by atoms with van der Waals surface area (Å²) in [4.78, 5) is 19.9. The van der Waals surface area contributed by atoms with Crippen molar-refractivity contribution >= 4 is 24.1 Å². The minimum absolute atomic E-state index is 0.0903. The zero-order valence-corrected chi connectivity index (χ0v) is 14.2. The average molecular weight is 357 g/mol.